The molecule has 0 saturated heterocycles. The van der Waals surface area contributed by atoms with E-state index in [4.69, 9.17) is 15.9 Å². The second-order valence-corrected chi connectivity index (χ2v) is 8.82. The van der Waals surface area contributed by atoms with Gasteiger partial charge in [-0.1, -0.05) is 42.3 Å². The third-order valence-corrected chi connectivity index (χ3v) is 6.13. The lowest BCUT2D eigenvalue weighted by atomic mass is 10.3. The Labute approximate surface area is 205 Å². The van der Waals surface area contributed by atoms with Gasteiger partial charge >= 0.3 is 17.9 Å². The number of anilines is 1. The van der Waals surface area contributed by atoms with Crippen LogP contribution in [0.2, 0.25) is 0 Å². The minimum absolute atomic E-state index is 0.0206. The van der Waals surface area contributed by atoms with Crippen molar-refractivity contribution in [3.8, 4) is 12.3 Å². The molecule has 2 aromatic carbocycles. The first-order chi connectivity index (χ1) is 16.6. The number of benzene rings is 2. The summed E-state index contributed by atoms with van der Waals surface area (Å²) in [6, 6.07) is 19.2. The molecule has 0 fully saturated rings. The Morgan fingerprint density at radius 2 is 1.41 bits per heavy atom. The van der Waals surface area contributed by atoms with Crippen LogP contribution in [0, 0.1) is 12.3 Å². The molecule has 0 saturated carbocycles. The van der Waals surface area contributed by atoms with Gasteiger partial charge in [0.2, 0.25) is 0 Å². The van der Waals surface area contributed by atoms with Crippen molar-refractivity contribution in [2.24, 2.45) is 0 Å². The Hall–Kier alpha value is -3.68. The van der Waals surface area contributed by atoms with Gasteiger partial charge in [-0.05, 0) is 24.3 Å². The summed E-state index contributed by atoms with van der Waals surface area (Å²) in [6.07, 6.45) is 4.52. The number of nitrogens with one attached hydrogen (secondary N) is 1. The second kappa shape index (κ2) is 13.1. The smallest absolute Gasteiger partial charge is 0.425 e. The highest BCUT2D eigenvalue weighted by molar-refractivity contribution is 7.99. The van der Waals surface area contributed by atoms with E-state index in [9.17, 15) is 14.4 Å². The number of thioether (sulfide) groups is 2. The van der Waals surface area contributed by atoms with Crippen molar-refractivity contribution in [2.75, 3.05) is 29.6 Å². The Morgan fingerprint density at radius 3 is 1.88 bits per heavy atom. The van der Waals surface area contributed by atoms with E-state index in [1.807, 2.05) is 60.7 Å². The van der Waals surface area contributed by atoms with Crippen LogP contribution in [0.4, 0.5) is 15.4 Å². The van der Waals surface area contributed by atoms with Crippen LogP contribution in [0.3, 0.4) is 0 Å². The molecule has 34 heavy (non-hydrogen) atoms. The number of imide groups is 1. The number of carbonyl (C=O) groups excluding carboxylic acids is 2. The molecule has 0 aliphatic rings. The standard InChI is InChI=1S/C24H21N3O5S2/c1-2-18-17-25-22(28)26-21(18)27(23(29)31-13-15-33-19-9-5-3-6-10-19)24(30)32-14-16-34-20-11-7-4-8-12-20/h1,3-12,17H,13-16H2,(H,25,26,28). The van der Waals surface area contributed by atoms with Crippen LogP contribution in [0.25, 0.3) is 0 Å². The molecular weight excluding hydrogens is 474 g/mol. The number of amides is 2. The van der Waals surface area contributed by atoms with Gasteiger partial charge in [-0.3, -0.25) is 4.98 Å². The quantitative estimate of drug-likeness (QED) is 0.265. The second-order valence-electron chi connectivity index (χ2n) is 6.48. The molecule has 0 aliphatic heterocycles. The third kappa shape index (κ3) is 7.43. The van der Waals surface area contributed by atoms with E-state index >= 15 is 0 Å². The zero-order valence-electron chi connectivity index (χ0n) is 18.0. The summed E-state index contributed by atoms with van der Waals surface area (Å²) >= 11 is 2.98. The Bertz CT molecular complexity index is 1140. The van der Waals surface area contributed by atoms with Crippen molar-refractivity contribution in [2.45, 2.75) is 9.79 Å². The number of ether oxygens (including phenoxy) is 2. The highest BCUT2D eigenvalue weighted by Gasteiger charge is 2.30. The van der Waals surface area contributed by atoms with Crippen molar-refractivity contribution < 1.29 is 19.1 Å². The predicted molar refractivity (Wildman–Crippen MR) is 132 cm³/mol. The van der Waals surface area contributed by atoms with Crippen LogP contribution < -0.4 is 10.6 Å². The van der Waals surface area contributed by atoms with Gasteiger partial charge < -0.3 is 9.47 Å². The van der Waals surface area contributed by atoms with E-state index in [0.29, 0.717) is 16.4 Å². The summed E-state index contributed by atoms with van der Waals surface area (Å²) in [5, 5.41) is 0. The fourth-order valence-corrected chi connectivity index (χ4v) is 4.17. The van der Waals surface area contributed by atoms with Crippen LogP contribution in [0.15, 0.2) is 81.4 Å². The van der Waals surface area contributed by atoms with Crippen LogP contribution in [0.5, 0.6) is 0 Å². The number of rotatable bonds is 9. The molecule has 8 nitrogen and oxygen atoms in total. The maximum atomic E-state index is 12.8. The van der Waals surface area contributed by atoms with E-state index in [1.54, 1.807) is 0 Å². The van der Waals surface area contributed by atoms with Crippen LogP contribution in [0.1, 0.15) is 5.56 Å². The van der Waals surface area contributed by atoms with Crippen molar-refractivity contribution in [1.82, 2.24) is 9.97 Å². The van der Waals surface area contributed by atoms with Crippen LogP contribution in [-0.2, 0) is 9.47 Å². The summed E-state index contributed by atoms with van der Waals surface area (Å²) in [6.45, 7) is 0.0411. The van der Waals surface area contributed by atoms with Gasteiger partial charge in [0.15, 0.2) is 0 Å². The summed E-state index contributed by atoms with van der Waals surface area (Å²) < 4.78 is 10.5. The van der Waals surface area contributed by atoms with Gasteiger partial charge in [-0.15, -0.1) is 29.9 Å². The molecule has 10 heteroatoms. The molecule has 0 atom stereocenters. The molecule has 1 heterocycles. The SMILES string of the molecule is C#Cc1cnc(=O)[nH]c1N(C(=O)OCCSc1ccccc1)C(=O)OCCSc1ccccc1. The van der Waals surface area contributed by atoms with Crippen molar-refractivity contribution in [3.63, 3.8) is 0 Å². The van der Waals surface area contributed by atoms with Crippen LogP contribution in [-0.4, -0.2) is 46.9 Å². The van der Waals surface area contributed by atoms with Crippen molar-refractivity contribution >= 4 is 41.5 Å². The van der Waals surface area contributed by atoms with E-state index in [0.717, 1.165) is 16.0 Å². The molecule has 0 bridgehead atoms. The van der Waals surface area contributed by atoms with Gasteiger partial charge in [0.25, 0.3) is 0 Å². The summed E-state index contributed by atoms with van der Waals surface area (Å²) in [7, 11) is 0. The lowest BCUT2D eigenvalue weighted by Crippen LogP contribution is -2.40. The van der Waals surface area contributed by atoms with Gasteiger partial charge in [-0.25, -0.2) is 19.4 Å². The largest absolute Gasteiger partial charge is 0.448 e. The number of carbonyl (C=O) groups is 2. The molecule has 0 spiro atoms. The first-order valence-electron chi connectivity index (χ1n) is 10.1. The molecule has 2 amide bonds. The molecule has 174 valence electrons. The number of H-pyrrole nitrogens is 1. The summed E-state index contributed by atoms with van der Waals surface area (Å²) in [5.41, 5.74) is -0.746. The normalized spacial score (nSPS) is 10.2. The first kappa shape index (κ1) is 25.0. The molecular formula is C24H21N3O5S2. The number of terminal acetylenes is 1. The van der Waals surface area contributed by atoms with Crippen LogP contribution >= 0.6 is 23.5 Å². The van der Waals surface area contributed by atoms with Crippen molar-refractivity contribution in [1.29, 1.82) is 0 Å². The monoisotopic (exact) mass is 495 g/mol. The number of hydrogen-bond donors (Lipinski definition) is 1. The Kier molecular flexibility index (Phi) is 9.64. The molecule has 0 radical (unpaired) electrons. The lowest BCUT2D eigenvalue weighted by Gasteiger charge is -2.20. The number of hydrogen-bond acceptors (Lipinski definition) is 8. The minimum Gasteiger partial charge on any atom is -0.448 e. The average molecular weight is 496 g/mol. The highest BCUT2D eigenvalue weighted by Crippen LogP contribution is 2.20. The fraction of sp³-hybridized carbons (Fsp3) is 0.167. The topological polar surface area (TPSA) is 102 Å². The maximum absolute atomic E-state index is 12.8. The number of aromatic nitrogens is 2. The third-order valence-electron chi connectivity index (χ3n) is 4.18. The maximum Gasteiger partial charge on any atom is 0.425 e. The van der Waals surface area contributed by atoms with Gasteiger partial charge in [0.05, 0.1) is 11.8 Å². The zero-order valence-corrected chi connectivity index (χ0v) is 19.6. The zero-order chi connectivity index (χ0) is 24.2. The minimum atomic E-state index is -1.02. The lowest BCUT2D eigenvalue weighted by molar-refractivity contribution is 0.141. The Balaban J connectivity index is 1.64. The number of nitrogens with zero attached hydrogens (tertiary/aromatic N) is 2. The van der Waals surface area contributed by atoms with Gasteiger partial charge in [0, 0.05) is 21.3 Å². The van der Waals surface area contributed by atoms with E-state index in [1.165, 1.54) is 23.5 Å². The van der Waals surface area contributed by atoms with E-state index in [2.05, 4.69) is 15.9 Å². The fourth-order valence-electron chi connectivity index (χ4n) is 2.66. The van der Waals surface area contributed by atoms with E-state index in [-0.39, 0.29) is 24.6 Å². The summed E-state index contributed by atoms with van der Waals surface area (Å²) in [5.74, 6) is 2.98. The molecule has 3 rings (SSSR count). The molecule has 0 unspecified atom stereocenters. The molecule has 1 aromatic heterocycles. The molecule has 1 N–H and O–H groups in total. The highest BCUT2D eigenvalue weighted by atomic mass is 32.2. The number of aromatic amines is 1. The van der Waals surface area contributed by atoms with Gasteiger partial charge in [0.1, 0.15) is 19.0 Å². The van der Waals surface area contributed by atoms with E-state index < -0.39 is 17.9 Å². The molecule has 3 aromatic rings. The molecule has 0 aliphatic carbocycles. The van der Waals surface area contributed by atoms with Gasteiger partial charge in [-0.2, -0.15) is 4.90 Å². The average Bonchev–Trinajstić information content (AvgIpc) is 2.86. The first-order valence-corrected chi connectivity index (χ1v) is 12.1. The Morgan fingerprint density at radius 1 is 0.912 bits per heavy atom. The van der Waals surface area contributed by atoms with Crippen molar-refractivity contribution in [3.05, 3.63) is 82.9 Å². The predicted octanol–water partition coefficient (Wildman–Crippen LogP) is 4.42. The summed E-state index contributed by atoms with van der Waals surface area (Å²) in [4.78, 5) is 45.9.